The van der Waals surface area contributed by atoms with Gasteiger partial charge in [-0.2, -0.15) is 0 Å². The van der Waals surface area contributed by atoms with Crippen molar-refractivity contribution in [3.8, 4) is 23.0 Å². The van der Waals surface area contributed by atoms with Crippen LogP contribution in [0.25, 0.3) is 11.5 Å². The van der Waals surface area contributed by atoms with Gasteiger partial charge in [-0.3, -0.25) is 4.79 Å². The number of ether oxygens (including phenoxy) is 2. The summed E-state index contributed by atoms with van der Waals surface area (Å²) in [5.41, 5.74) is 1.08. The molecule has 1 aromatic heterocycles. The molecule has 3 rings (SSSR count). The van der Waals surface area contributed by atoms with Crippen LogP contribution in [-0.4, -0.2) is 36.0 Å². The van der Waals surface area contributed by atoms with E-state index in [0.717, 1.165) is 11.8 Å². The number of carbonyl (C=O) groups excluding carboxylic acids is 1. The molecule has 0 N–H and O–H groups in total. The molecule has 0 saturated carbocycles. The molecule has 0 fully saturated rings. The van der Waals surface area contributed by atoms with Gasteiger partial charge in [0, 0.05) is 0 Å². The Labute approximate surface area is 159 Å². The van der Waals surface area contributed by atoms with Gasteiger partial charge >= 0.3 is 0 Å². The normalized spacial score (nSPS) is 10.6. The number of halogens is 1. The second kappa shape index (κ2) is 8.25. The summed E-state index contributed by atoms with van der Waals surface area (Å²) in [6.45, 7) is 0. The first-order chi connectivity index (χ1) is 12.6. The predicted octanol–water partition coefficient (Wildman–Crippen LogP) is 4.38. The van der Waals surface area contributed by atoms with E-state index in [1.165, 1.54) is 7.11 Å². The molecule has 0 aliphatic carbocycles. The number of benzene rings is 2. The van der Waals surface area contributed by atoms with Crippen molar-refractivity contribution in [3.05, 3.63) is 53.1 Å². The van der Waals surface area contributed by atoms with E-state index in [1.54, 1.807) is 37.4 Å². The number of ketones is 1. The van der Waals surface area contributed by atoms with Gasteiger partial charge in [0.15, 0.2) is 5.78 Å². The van der Waals surface area contributed by atoms with E-state index in [2.05, 4.69) is 10.2 Å². The average molecular weight is 391 g/mol. The van der Waals surface area contributed by atoms with Crippen molar-refractivity contribution in [1.29, 1.82) is 0 Å². The number of hydrogen-bond donors (Lipinski definition) is 0. The first-order valence-electron chi connectivity index (χ1n) is 7.59. The van der Waals surface area contributed by atoms with E-state index in [-0.39, 0.29) is 16.8 Å². The second-order valence-corrected chi connectivity index (χ2v) is 6.46. The fourth-order valence-corrected chi connectivity index (χ4v) is 3.11. The fraction of sp³-hybridized carbons (Fsp3) is 0.167. The molecule has 1 heterocycles. The molecule has 0 amide bonds. The maximum absolute atomic E-state index is 12.5. The second-order valence-electron chi connectivity index (χ2n) is 5.13. The van der Waals surface area contributed by atoms with Gasteiger partial charge in [0.1, 0.15) is 11.5 Å². The Morgan fingerprint density at radius 3 is 2.69 bits per heavy atom. The number of aromatic nitrogens is 2. The lowest BCUT2D eigenvalue weighted by Gasteiger charge is -2.08. The topological polar surface area (TPSA) is 74.5 Å². The Balaban J connectivity index is 1.72. The van der Waals surface area contributed by atoms with E-state index in [1.807, 2.05) is 12.1 Å². The molecule has 0 spiro atoms. The number of rotatable bonds is 7. The van der Waals surface area contributed by atoms with Gasteiger partial charge in [0.2, 0.25) is 5.89 Å². The van der Waals surface area contributed by atoms with Crippen LogP contribution in [0, 0.1) is 0 Å². The standard InChI is InChI=1S/C18H15ClN2O4S/c1-23-11-7-8-16(24-2)13(9-11)15(22)10-26-18-21-20-17(25-18)12-5-3-4-6-14(12)19/h3-9H,10H2,1-2H3. The molecule has 134 valence electrons. The molecule has 2 aromatic carbocycles. The fourth-order valence-electron chi connectivity index (χ4n) is 2.25. The van der Waals surface area contributed by atoms with Crippen LogP contribution in [0.2, 0.25) is 5.02 Å². The quantitative estimate of drug-likeness (QED) is 0.437. The summed E-state index contributed by atoms with van der Waals surface area (Å²) in [5.74, 6) is 1.36. The molecule has 0 saturated heterocycles. The molecule has 26 heavy (non-hydrogen) atoms. The molecule has 0 unspecified atom stereocenters. The van der Waals surface area contributed by atoms with Crippen LogP contribution < -0.4 is 9.47 Å². The van der Waals surface area contributed by atoms with Gasteiger partial charge in [-0.05, 0) is 30.3 Å². The highest BCUT2D eigenvalue weighted by atomic mass is 35.5. The summed E-state index contributed by atoms with van der Waals surface area (Å²) in [7, 11) is 3.05. The number of methoxy groups -OCH3 is 2. The van der Waals surface area contributed by atoms with Gasteiger partial charge in [-0.15, -0.1) is 10.2 Å². The zero-order valence-electron chi connectivity index (χ0n) is 14.1. The summed E-state index contributed by atoms with van der Waals surface area (Å²) in [4.78, 5) is 12.5. The van der Waals surface area contributed by atoms with Crippen LogP contribution in [0.15, 0.2) is 52.1 Å². The van der Waals surface area contributed by atoms with Crippen molar-refractivity contribution >= 4 is 29.1 Å². The first kappa shape index (κ1) is 18.3. The van der Waals surface area contributed by atoms with Gasteiger partial charge in [0.05, 0.1) is 36.1 Å². The smallest absolute Gasteiger partial charge is 0.277 e. The zero-order chi connectivity index (χ0) is 18.5. The van der Waals surface area contributed by atoms with E-state index in [0.29, 0.717) is 33.5 Å². The number of carbonyl (C=O) groups is 1. The number of hydrogen-bond acceptors (Lipinski definition) is 7. The van der Waals surface area contributed by atoms with Crippen LogP contribution in [-0.2, 0) is 0 Å². The van der Waals surface area contributed by atoms with E-state index in [4.69, 9.17) is 25.5 Å². The van der Waals surface area contributed by atoms with Crippen molar-refractivity contribution in [3.63, 3.8) is 0 Å². The Morgan fingerprint density at radius 1 is 1.15 bits per heavy atom. The maximum atomic E-state index is 12.5. The predicted molar refractivity (Wildman–Crippen MR) is 99.3 cm³/mol. The molecular formula is C18H15ClN2O4S. The lowest BCUT2D eigenvalue weighted by Crippen LogP contribution is -2.05. The summed E-state index contributed by atoms with van der Waals surface area (Å²) in [6, 6.07) is 12.2. The van der Waals surface area contributed by atoms with E-state index < -0.39 is 0 Å². The minimum atomic E-state index is -0.136. The first-order valence-corrected chi connectivity index (χ1v) is 8.95. The molecule has 6 nitrogen and oxygen atoms in total. The third-order valence-corrected chi connectivity index (χ3v) is 4.69. The molecule has 0 bridgehead atoms. The lowest BCUT2D eigenvalue weighted by atomic mass is 10.1. The summed E-state index contributed by atoms with van der Waals surface area (Å²) in [6.07, 6.45) is 0. The van der Waals surface area contributed by atoms with Gasteiger partial charge in [-0.1, -0.05) is 35.5 Å². The van der Waals surface area contributed by atoms with Crippen LogP contribution in [0.1, 0.15) is 10.4 Å². The Morgan fingerprint density at radius 2 is 1.96 bits per heavy atom. The van der Waals surface area contributed by atoms with Gasteiger partial charge < -0.3 is 13.9 Å². The summed E-state index contributed by atoms with van der Waals surface area (Å²) < 4.78 is 16.0. The maximum Gasteiger partial charge on any atom is 0.277 e. The minimum absolute atomic E-state index is 0.119. The largest absolute Gasteiger partial charge is 0.497 e. The van der Waals surface area contributed by atoms with Crippen molar-refractivity contribution in [2.75, 3.05) is 20.0 Å². The van der Waals surface area contributed by atoms with Gasteiger partial charge in [-0.25, -0.2) is 0 Å². The molecule has 3 aromatic rings. The summed E-state index contributed by atoms with van der Waals surface area (Å²) >= 11 is 7.27. The van der Waals surface area contributed by atoms with Crippen molar-refractivity contribution in [2.24, 2.45) is 0 Å². The lowest BCUT2D eigenvalue weighted by molar-refractivity contribution is 0.101. The highest BCUT2D eigenvalue weighted by molar-refractivity contribution is 7.99. The zero-order valence-corrected chi connectivity index (χ0v) is 15.6. The Bertz CT molecular complexity index is 929. The number of thioether (sulfide) groups is 1. The Kier molecular flexibility index (Phi) is 5.80. The molecule has 8 heteroatoms. The molecular weight excluding hydrogens is 376 g/mol. The van der Waals surface area contributed by atoms with Crippen molar-refractivity contribution in [2.45, 2.75) is 5.22 Å². The highest BCUT2D eigenvalue weighted by Gasteiger charge is 2.17. The van der Waals surface area contributed by atoms with Crippen LogP contribution in [0.3, 0.4) is 0 Å². The third kappa shape index (κ3) is 4.00. The van der Waals surface area contributed by atoms with Crippen LogP contribution in [0.5, 0.6) is 11.5 Å². The molecule has 0 atom stereocenters. The summed E-state index contributed by atoms with van der Waals surface area (Å²) in [5, 5.41) is 8.74. The average Bonchev–Trinajstić information content (AvgIpc) is 3.14. The monoisotopic (exact) mass is 390 g/mol. The highest BCUT2D eigenvalue weighted by Crippen LogP contribution is 2.30. The van der Waals surface area contributed by atoms with Gasteiger partial charge in [0.25, 0.3) is 5.22 Å². The third-order valence-electron chi connectivity index (χ3n) is 3.54. The van der Waals surface area contributed by atoms with E-state index in [9.17, 15) is 4.79 Å². The van der Waals surface area contributed by atoms with Crippen LogP contribution in [0.4, 0.5) is 0 Å². The molecule has 0 aliphatic heterocycles. The van der Waals surface area contributed by atoms with Crippen LogP contribution >= 0.6 is 23.4 Å². The van der Waals surface area contributed by atoms with Crippen molar-refractivity contribution < 1.29 is 18.7 Å². The number of nitrogens with zero attached hydrogens (tertiary/aromatic N) is 2. The van der Waals surface area contributed by atoms with E-state index >= 15 is 0 Å². The SMILES string of the molecule is COc1ccc(OC)c(C(=O)CSc2nnc(-c3ccccc3Cl)o2)c1. The van der Waals surface area contributed by atoms with Crippen molar-refractivity contribution in [1.82, 2.24) is 10.2 Å². The molecule has 0 aliphatic rings. The number of Topliss-reactive ketones (excluding diaryl/α,β-unsaturated/α-hetero) is 1. The minimum Gasteiger partial charge on any atom is -0.497 e. The Hall–Kier alpha value is -2.51. The molecule has 0 radical (unpaired) electrons.